The van der Waals surface area contributed by atoms with Crippen molar-refractivity contribution in [1.82, 2.24) is 0 Å². The molecule has 0 aliphatic rings. The summed E-state index contributed by atoms with van der Waals surface area (Å²) in [5, 5.41) is 0. The summed E-state index contributed by atoms with van der Waals surface area (Å²) in [4.78, 5) is 44.0. The van der Waals surface area contributed by atoms with Crippen LogP contribution in [0.4, 0.5) is 0 Å². The molecule has 7 heteroatoms. The SMILES string of the molecule is C=C(C)C(=O)OC(=O)C=COC=CC(=O)OC(=O)C(=C)C. The molecule has 0 spiro atoms. The molecule has 21 heavy (non-hydrogen) atoms. The topological polar surface area (TPSA) is 96.0 Å². The van der Waals surface area contributed by atoms with E-state index in [9.17, 15) is 19.2 Å². The van der Waals surface area contributed by atoms with E-state index >= 15 is 0 Å². The largest absolute Gasteiger partial charge is 0.472 e. The molecule has 0 saturated carbocycles. The lowest BCUT2D eigenvalue weighted by molar-refractivity contribution is -0.154. The van der Waals surface area contributed by atoms with Gasteiger partial charge in [-0.15, -0.1) is 0 Å². The summed E-state index contributed by atoms with van der Waals surface area (Å²) in [6.07, 6.45) is 3.38. The molecule has 0 aromatic carbocycles. The van der Waals surface area contributed by atoms with E-state index in [1.165, 1.54) is 13.8 Å². The maximum Gasteiger partial charge on any atom is 0.341 e. The minimum Gasteiger partial charge on any atom is -0.472 e. The molecule has 0 rings (SSSR count). The van der Waals surface area contributed by atoms with Crippen LogP contribution >= 0.6 is 0 Å². The molecular formula is C14H14O7. The Bertz CT molecular complexity index is 490. The highest BCUT2D eigenvalue weighted by Crippen LogP contribution is 1.95. The third kappa shape index (κ3) is 8.71. The second-order valence-corrected chi connectivity index (χ2v) is 3.72. The molecule has 0 aromatic rings. The predicted octanol–water partition coefficient (Wildman–Crippen LogP) is 1.32. The van der Waals surface area contributed by atoms with Crippen LogP contribution in [0.3, 0.4) is 0 Å². The van der Waals surface area contributed by atoms with E-state index in [0.717, 1.165) is 24.7 Å². The second kappa shape index (κ2) is 9.03. The third-order valence-electron chi connectivity index (χ3n) is 1.65. The standard InChI is InChI=1S/C14H14O7/c1-9(2)13(17)20-11(15)5-7-19-8-6-12(16)21-14(18)10(3)4/h5-8H,1,3H2,2,4H3. The van der Waals surface area contributed by atoms with E-state index in [-0.39, 0.29) is 11.1 Å². The van der Waals surface area contributed by atoms with Crippen LogP contribution in [0.5, 0.6) is 0 Å². The molecule has 0 aliphatic carbocycles. The van der Waals surface area contributed by atoms with Gasteiger partial charge in [-0.3, -0.25) is 0 Å². The average molecular weight is 294 g/mol. The van der Waals surface area contributed by atoms with E-state index in [1.807, 2.05) is 0 Å². The number of esters is 4. The van der Waals surface area contributed by atoms with Crippen LogP contribution in [-0.4, -0.2) is 23.9 Å². The molecule has 0 bridgehead atoms. The summed E-state index contributed by atoms with van der Waals surface area (Å²) in [7, 11) is 0. The summed E-state index contributed by atoms with van der Waals surface area (Å²) in [6, 6.07) is 0. The Balaban J connectivity index is 4.13. The molecule has 0 unspecified atom stereocenters. The number of rotatable bonds is 6. The normalized spacial score (nSPS) is 10.2. The van der Waals surface area contributed by atoms with Crippen LogP contribution in [0.15, 0.2) is 49.0 Å². The molecule has 0 radical (unpaired) electrons. The highest BCUT2D eigenvalue weighted by Gasteiger charge is 2.08. The van der Waals surface area contributed by atoms with Gasteiger partial charge in [-0.05, 0) is 13.8 Å². The van der Waals surface area contributed by atoms with Gasteiger partial charge in [0.25, 0.3) is 0 Å². The highest BCUT2D eigenvalue weighted by atomic mass is 16.6. The fraction of sp³-hybridized carbons (Fsp3) is 0.143. The minimum atomic E-state index is -0.962. The highest BCUT2D eigenvalue weighted by molar-refractivity contribution is 5.99. The fourth-order valence-electron chi connectivity index (χ4n) is 0.660. The van der Waals surface area contributed by atoms with E-state index in [0.29, 0.717) is 0 Å². The predicted molar refractivity (Wildman–Crippen MR) is 71.2 cm³/mol. The van der Waals surface area contributed by atoms with Crippen molar-refractivity contribution in [3.8, 4) is 0 Å². The molecule has 0 amide bonds. The van der Waals surface area contributed by atoms with Gasteiger partial charge in [0.1, 0.15) is 0 Å². The fourth-order valence-corrected chi connectivity index (χ4v) is 0.660. The molecule has 0 saturated heterocycles. The molecule has 112 valence electrons. The average Bonchev–Trinajstić information content (AvgIpc) is 2.37. The zero-order valence-corrected chi connectivity index (χ0v) is 11.6. The van der Waals surface area contributed by atoms with Crippen molar-refractivity contribution in [2.24, 2.45) is 0 Å². The van der Waals surface area contributed by atoms with Gasteiger partial charge in [-0.25, -0.2) is 19.2 Å². The number of carbonyl (C=O) groups is 4. The number of ether oxygens (including phenoxy) is 3. The first kappa shape index (κ1) is 18.0. The van der Waals surface area contributed by atoms with E-state index in [4.69, 9.17) is 0 Å². The van der Waals surface area contributed by atoms with Crippen molar-refractivity contribution in [1.29, 1.82) is 0 Å². The summed E-state index contributed by atoms with van der Waals surface area (Å²) >= 11 is 0. The summed E-state index contributed by atoms with van der Waals surface area (Å²) in [6.45, 7) is 9.36. The van der Waals surface area contributed by atoms with Crippen LogP contribution in [0.2, 0.25) is 0 Å². The monoisotopic (exact) mass is 294 g/mol. The molecular weight excluding hydrogens is 280 g/mol. The van der Waals surface area contributed by atoms with Gasteiger partial charge in [0, 0.05) is 11.1 Å². The molecule has 0 atom stereocenters. The van der Waals surface area contributed by atoms with Crippen molar-refractivity contribution in [2.45, 2.75) is 13.8 Å². The van der Waals surface area contributed by atoms with E-state index in [1.54, 1.807) is 0 Å². The molecule has 0 aromatic heterocycles. The Morgan fingerprint density at radius 3 is 1.38 bits per heavy atom. The quantitative estimate of drug-likeness (QED) is 0.315. The smallest absolute Gasteiger partial charge is 0.341 e. The first-order chi connectivity index (χ1) is 9.73. The first-order valence-electron chi connectivity index (χ1n) is 5.56. The molecule has 7 nitrogen and oxygen atoms in total. The van der Waals surface area contributed by atoms with E-state index in [2.05, 4.69) is 27.4 Å². The molecule has 0 N–H and O–H groups in total. The van der Waals surface area contributed by atoms with Gasteiger partial charge in [0.15, 0.2) is 0 Å². The van der Waals surface area contributed by atoms with Crippen LogP contribution < -0.4 is 0 Å². The zero-order chi connectivity index (χ0) is 16.4. The van der Waals surface area contributed by atoms with Gasteiger partial charge in [0.05, 0.1) is 24.7 Å². The van der Waals surface area contributed by atoms with Gasteiger partial charge in [-0.2, -0.15) is 0 Å². The summed E-state index contributed by atoms with van der Waals surface area (Å²) in [5.41, 5.74) is 0.143. The lowest BCUT2D eigenvalue weighted by Crippen LogP contribution is -2.10. The lowest BCUT2D eigenvalue weighted by atomic mass is 10.4. The van der Waals surface area contributed by atoms with Gasteiger partial charge in [-0.1, -0.05) is 13.2 Å². The Hall–Kier alpha value is -2.96. The zero-order valence-electron chi connectivity index (χ0n) is 11.6. The van der Waals surface area contributed by atoms with Crippen LogP contribution in [0.1, 0.15) is 13.8 Å². The Morgan fingerprint density at radius 1 is 0.762 bits per heavy atom. The van der Waals surface area contributed by atoms with Crippen molar-refractivity contribution in [3.63, 3.8) is 0 Å². The molecule has 0 fully saturated rings. The first-order valence-corrected chi connectivity index (χ1v) is 5.56. The maximum atomic E-state index is 11.1. The maximum absolute atomic E-state index is 11.1. The van der Waals surface area contributed by atoms with Crippen molar-refractivity contribution in [3.05, 3.63) is 49.0 Å². The van der Waals surface area contributed by atoms with Crippen molar-refractivity contribution >= 4 is 23.9 Å². The van der Waals surface area contributed by atoms with Crippen LogP contribution in [-0.2, 0) is 33.4 Å². The van der Waals surface area contributed by atoms with Gasteiger partial charge >= 0.3 is 23.9 Å². The minimum absolute atomic E-state index is 0.0717. The van der Waals surface area contributed by atoms with Gasteiger partial charge < -0.3 is 14.2 Å². The molecule has 0 aliphatic heterocycles. The lowest BCUT2D eigenvalue weighted by Gasteiger charge is -1.98. The second-order valence-electron chi connectivity index (χ2n) is 3.72. The summed E-state index contributed by atoms with van der Waals surface area (Å²) < 4.78 is 13.2. The third-order valence-corrected chi connectivity index (χ3v) is 1.65. The van der Waals surface area contributed by atoms with E-state index < -0.39 is 23.9 Å². The molecule has 0 heterocycles. The van der Waals surface area contributed by atoms with Crippen LogP contribution in [0, 0.1) is 0 Å². The number of hydrogen-bond acceptors (Lipinski definition) is 7. The summed E-state index contributed by atoms with van der Waals surface area (Å²) in [5.74, 6) is -3.64. The Kier molecular flexibility index (Phi) is 7.75. The van der Waals surface area contributed by atoms with Crippen molar-refractivity contribution < 1.29 is 33.4 Å². The Labute approximate surface area is 121 Å². The Morgan fingerprint density at radius 2 is 1.10 bits per heavy atom. The number of carbonyl (C=O) groups excluding carboxylic acids is 4. The van der Waals surface area contributed by atoms with Crippen LogP contribution in [0.25, 0.3) is 0 Å². The van der Waals surface area contributed by atoms with Gasteiger partial charge in [0.2, 0.25) is 0 Å². The van der Waals surface area contributed by atoms with Crippen molar-refractivity contribution in [2.75, 3.05) is 0 Å². The number of hydrogen-bond donors (Lipinski definition) is 0.